The molecule has 148 valence electrons. The Morgan fingerprint density at radius 3 is 2.97 bits per heavy atom. The summed E-state index contributed by atoms with van der Waals surface area (Å²) in [5.41, 5.74) is 1.09. The molecule has 2 aliphatic rings. The van der Waals surface area contributed by atoms with E-state index in [0.29, 0.717) is 55.5 Å². The van der Waals surface area contributed by atoms with Crippen molar-refractivity contribution in [1.82, 2.24) is 14.5 Å². The highest BCUT2D eigenvalue weighted by Crippen LogP contribution is 2.25. The lowest BCUT2D eigenvalue weighted by Crippen LogP contribution is -2.25. The lowest BCUT2D eigenvalue weighted by atomic mass is 10.1. The number of likely N-dealkylation sites (tertiary alicyclic amines) is 1. The number of carbonyl (C=O) groups is 1. The van der Waals surface area contributed by atoms with Gasteiger partial charge in [-0.3, -0.25) is 4.79 Å². The summed E-state index contributed by atoms with van der Waals surface area (Å²) in [7, 11) is 0. The minimum Gasteiger partial charge on any atom is -0.488 e. The molecule has 0 aliphatic carbocycles. The summed E-state index contributed by atoms with van der Waals surface area (Å²) in [4.78, 5) is 18.2. The van der Waals surface area contributed by atoms with Crippen LogP contribution < -0.4 is 10.1 Å². The van der Waals surface area contributed by atoms with Gasteiger partial charge in [-0.2, -0.15) is 10.5 Å². The lowest BCUT2D eigenvalue weighted by Gasteiger charge is -2.14. The van der Waals surface area contributed by atoms with E-state index in [-0.39, 0.29) is 17.9 Å². The number of benzene rings is 1. The Morgan fingerprint density at radius 2 is 2.24 bits per heavy atom. The lowest BCUT2D eigenvalue weighted by molar-refractivity contribution is -0.119. The fourth-order valence-corrected chi connectivity index (χ4v) is 3.50. The second-order valence-electron chi connectivity index (χ2n) is 7.08. The first-order valence-corrected chi connectivity index (χ1v) is 9.44. The molecule has 1 N–H and O–H groups in total. The predicted octanol–water partition coefficient (Wildman–Crippen LogP) is 1.65. The monoisotopic (exact) mass is 392 g/mol. The molecular formula is C20H20N6O3. The quantitative estimate of drug-likeness (QED) is 0.769. The summed E-state index contributed by atoms with van der Waals surface area (Å²) >= 11 is 0. The number of aromatic nitrogens is 2. The molecule has 0 saturated carbocycles. The number of hydrogen-bond acceptors (Lipinski definition) is 7. The third kappa shape index (κ3) is 4.15. The Kier molecular flexibility index (Phi) is 5.32. The molecular weight excluding hydrogens is 372 g/mol. The van der Waals surface area contributed by atoms with Gasteiger partial charge in [0, 0.05) is 25.6 Å². The van der Waals surface area contributed by atoms with Crippen molar-refractivity contribution < 1.29 is 14.3 Å². The van der Waals surface area contributed by atoms with Gasteiger partial charge in [-0.1, -0.05) is 0 Å². The Morgan fingerprint density at radius 1 is 1.34 bits per heavy atom. The van der Waals surface area contributed by atoms with Crippen LogP contribution >= 0.6 is 0 Å². The average Bonchev–Trinajstić information content (AvgIpc) is 3.49. The molecule has 0 spiro atoms. The Labute approximate surface area is 168 Å². The molecule has 2 saturated heterocycles. The van der Waals surface area contributed by atoms with E-state index in [0.717, 1.165) is 6.42 Å². The van der Waals surface area contributed by atoms with Gasteiger partial charge < -0.3 is 24.3 Å². The van der Waals surface area contributed by atoms with Crippen molar-refractivity contribution in [3.63, 3.8) is 0 Å². The zero-order chi connectivity index (χ0) is 20.2. The van der Waals surface area contributed by atoms with Crippen molar-refractivity contribution in [3.8, 4) is 23.7 Å². The van der Waals surface area contributed by atoms with Crippen LogP contribution in [0.3, 0.4) is 0 Å². The van der Waals surface area contributed by atoms with E-state index < -0.39 is 0 Å². The summed E-state index contributed by atoms with van der Waals surface area (Å²) in [6, 6.07) is 7.42. The van der Waals surface area contributed by atoms with Gasteiger partial charge in [0.1, 0.15) is 24.3 Å². The number of nitrogens with zero attached hydrogens (tertiary/aromatic N) is 5. The van der Waals surface area contributed by atoms with Gasteiger partial charge in [-0.05, 0) is 18.6 Å². The van der Waals surface area contributed by atoms with Crippen LogP contribution in [0.5, 0.6) is 5.75 Å². The molecule has 1 unspecified atom stereocenters. The molecule has 0 bridgehead atoms. The molecule has 1 aromatic carbocycles. The Hall–Kier alpha value is -3.56. The smallest absolute Gasteiger partial charge is 0.230 e. The minimum atomic E-state index is -0.236. The molecule has 3 heterocycles. The molecule has 2 fully saturated rings. The van der Waals surface area contributed by atoms with Crippen LogP contribution in [0.25, 0.3) is 5.69 Å². The maximum Gasteiger partial charge on any atom is 0.230 e. The number of carbonyl (C=O) groups excluding carboxylic acids is 1. The van der Waals surface area contributed by atoms with Crippen LogP contribution in [0.4, 0.5) is 5.82 Å². The molecule has 2 aromatic rings. The highest BCUT2D eigenvalue weighted by molar-refractivity contribution is 5.92. The number of hydrogen-bond donors (Lipinski definition) is 1. The van der Waals surface area contributed by atoms with Crippen molar-refractivity contribution >= 4 is 11.7 Å². The molecule has 9 heteroatoms. The first-order valence-electron chi connectivity index (χ1n) is 9.44. The van der Waals surface area contributed by atoms with Crippen molar-refractivity contribution in [1.29, 1.82) is 10.5 Å². The second kappa shape index (κ2) is 8.21. The topological polar surface area (TPSA) is 116 Å². The summed E-state index contributed by atoms with van der Waals surface area (Å²) in [6.45, 7) is 2.26. The normalized spacial score (nSPS) is 20.8. The van der Waals surface area contributed by atoms with Crippen molar-refractivity contribution in [2.75, 3.05) is 31.6 Å². The highest BCUT2D eigenvalue weighted by Gasteiger charge is 2.28. The number of ether oxygens (including phenoxy) is 2. The van der Waals surface area contributed by atoms with Gasteiger partial charge in [0.15, 0.2) is 12.0 Å². The summed E-state index contributed by atoms with van der Waals surface area (Å²) in [5, 5.41) is 21.2. The fourth-order valence-electron chi connectivity index (χ4n) is 3.50. The molecule has 29 heavy (non-hydrogen) atoms. The molecule has 1 amide bonds. The van der Waals surface area contributed by atoms with Gasteiger partial charge in [0.2, 0.25) is 5.91 Å². The maximum absolute atomic E-state index is 12.4. The fraction of sp³-hybridized carbons (Fsp3) is 0.400. The minimum absolute atomic E-state index is 0.00723. The van der Waals surface area contributed by atoms with Crippen molar-refractivity contribution in [3.05, 3.63) is 36.3 Å². The molecule has 2 aliphatic heterocycles. The van der Waals surface area contributed by atoms with E-state index in [1.807, 2.05) is 0 Å². The zero-order valence-corrected chi connectivity index (χ0v) is 15.7. The summed E-state index contributed by atoms with van der Waals surface area (Å²) in [6.07, 6.45) is 6.75. The zero-order valence-electron chi connectivity index (χ0n) is 15.7. The van der Waals surface area contributed by atoms with Crippen LogP contribution in [0.2, 0.25) is 0 Å². The van der Waals surface area contributed by atoms with Crippen LogP contribution in [0.1, 0.15) is 18.4 Å². The van der Waals surface area contributed by atoms with E-state index in [1.54, 1.807) is 40.2 Å². The number of anilines is 1. The Bertz CT molecular complexity index is 983. The molecule has 1 aromatic heterocycles. The van der Waals surface area contributed by atoms with E-state index in [1.165, 1.54) is 0 Å². The number of imidazole rings is 1. The van der Waals surface area contributed by atoms with E-state index in [4.69, 9.17) is 14.7 Å². The van der Waals surface area contributed by atoms with Crippen molar-refractivity contribution in [2.24, 2.45) is 5.92 Å². The second-order valence-corrected chi connectivity index (χ2v) is 7.08. The third-order valence-electron chi connectivity index (χ3n) is 5.09. The van der Waals surface area contributed by atoms with Gasteiger partial charge in [0.25, 0.3) is 0 Å². The van der Waals surface area contributed by atoms with Gasteiger partial charge in [-0.25, -0.2) is 4.98 Å². The molecule has 9 nitrogen and oxygen atoms in total. The maximum atomic E-state index is 12.4. The van der Waals surface area contributed by atoms with Crippen LogP contribution in [0, 0.1) is 28.7 Å². The molecule has 2 atom stereocenters. The number of rotatable bonds is 5. The summed E-state index contributed by atoms with van der Waals surface area (Å²) in [5.74, 6) is 0.646. The van der Waals surface area contributed by atoms with E-state index >= 15 is 0 Å². The Balaban J connectivity index is 1.49. The number of nitrogens with one attached hydrogen (secondary N) is 1. The first kappa shape index (κ1) is 18.8. The third-order valence-corrected chi connectivity index (χ3v) is 5.09. The van der Waals surface area contributed by atoms with Gasteiger partial charge >= 0.3 is 0 Å². The number of amides is 1. The standard InChI is InChI=1S/C20H20N6O3/c21-8-14-1-2-16(29-17-4-6-28-11-17)7-18(14)26-10-19(23-13-26)24-20(27)15-3-5-25(9-15)12-22/h1-2,7,10,13,15,17H,3-6,9,11H2,(H,24,27)/t15?,17-/m0/s1. The van der Waals surface area contributed by atoms with Gasteiger partial charge in [-0.15, -0.1) is 0 Å². The largest absolute Gasteiger partial charge is 0.488 e. The highest BCUT2D eigenvalue weighted by atomic mass is 16.5. The molecule has 4 rings (SSSR count). The van der Waals surface area contributed by atoms with Crippen LogP contribution in [-0.2, 0) is 9.53 Å². The SMILES string of the molecule is N#Cc1ccc(O[C@H]2CCOC2)cc1-n1cnc(NC(=O)C2CCN(C#N)C2)c1. The summed E-state index contributed by atoms with van der Waals surface area (Å²) < 4.78 is 12.9. The van der Waals surface area contributed by atoms with Crippen LogP contribution in [0.15, 0.2) is 30.7 Å². The van der Waals surface area contributed by atoms with Gasteiger partial charge in [0.05, 0.1) is 36.6 Å². The van der Waals surface area contributed by atoms with Crippen LogP contribution in [-0.4, -0.2) is 52.8 Å². The predicted molar refractivity (Wildman–Crippen MR) is 102 cm³/mol. The first-order chi connectivity index (χ1) is 14.2. The number of nitriles is 2. The van der Waals surface area contributed by atoms with Crippen molar-refractivity contribution in [2.45, 2.75) is 18.9 Å². The van der Waals surface area contributed by atoms with E-state index in [2.05, 4.69) is 22.6 Å². The molecule has 0 radical (unpaired) electrons. The average molecular weight is 392 g/mol. The van der Waals surface area contributed by atoms with E-state index in [9.17, 15) is 10.1 Å².